The smallest absolute Gasteiger partial charge is 0.253 e. The van der Waals surface area contributed by atoms with Crippen molar-refractivity contribution in [3.8, 4) is 10.6 Å². The third-order valence-corrected chi connectivity index (χ3v) is 7.28. The van der Waals surface area contributed by atoms with Gasteiger partial charge in [-0.05, 0) is 43.5 Å². The average molecular weight is 421 g/mol. The van der Waals surface area contributed by atoms with Crippen molar-refractivity contribution in [2.45, 2.75) is 24.8 Å². The zero-order chi connectivity index (χ0) is 20.7. The molecule has 1 saturated carbocycles. The number of hydrogen-bond acceptors (Lipinski definition) is 5. The van der Waals surface area contributed by atoms with Crippen molar-refractivity contribution in [2.24, 2.45) is 5.73 Å². The molecular weight excluding hydrogens is 396 g/mol. The van der Waals surface area contributed by atoms with Gasteiger partial charge in [-0.15, -0.1) is 11.3 Å². The Morgan fingerprint density at radius 2 is 1.60 bits per heavy atom. The van der Waals surface area contributed by atoms with Gasteiger partial charge in [0.1, 0.15) is 5.01 Å². The number of para-hydroxylation sites is 1. The van der Waals surface area contributed by atoms with Crippen LogP contribution in [0.15, 0.2) is 48.5 Å². The minimum Gasteiger partial charge on any atom is -0.338 e. The molecule has 1 aliphatic carbocycles. The summed E-state index contributed by atoms with van der Waals surface area (Å²) in [6.07, 6.45) is 2.56. The molecule has 2 N–H and O–H groups in total. The summed E-state index contributed by atoms with van der Waals surface area (Å²) >= 11 is 1.65. The first-order chi connectivity index (χ1) is 14.5. The quantitative estimate of drug-likeness (QED) is 0.706. The van der Waals surface area contributed by atoms with Gasteiger partial charge in [-0.2, -0.15) is 0 Å². The molecule has 2 fully saturated rings. The van der Waals surface area contributed by atoms with Gasteiger partial charge in [0.2, 0.25) is 5.91 Å². The molecule has 2 amide bonds. The molecule has 1 aliphatic heterocycles. The van der Waals surface area contributed by atoms with E-state index in [9.17, 15) is 9.59 Å². The maximum absolute atomic E-state index is 12.9. The molecule has 6 nitrogen and oxygen atoms in total. The number of thiazole rings is 1. The highest BCUT2D eigenvalue weighted by molar-refractivity contribution is 7.21. The van der Waals surface area contributed by atoms with Gasteiger partial charge < -0.3 is 15.5 Å². The van der Waals surface area contributed by atoms with E-state index in [1.165, 1.54) is 0 Å². The normalized spacial score (nSPS) is 18.3. The summed E-state index contributed by atoms with van der Waals surface area (Å²) < 4.78 is 1.15. The fourth-order valence-corrected chi connectivity index (χ4v) is 5.10. The number of fused-ring (bicyclic) bond motifs is 1. The Bertz CT molecular complexity index is 1060. The number of nitrogens with zero attached hydrogens (tertiary/aromatic N) is 3. The third-order valence-electron chi connectivity index (χ3n) is 6.20. The molecule has 0 radical (unpaired) electrons. The van der Waals surface area contributed by atoms with E-state index in [0.29, 0.717) is 31.7 Å². The predicted octanol–water partition coefficient (Wildman–Crippen LogP) is 3.13. The maximum atomic E-state index is 12.9. The number of carbonyl (C=O) groups is 2. The molecule has 2 aromatic carbocycles. The second-order valence-electron chi connectivity index (χ2n) is 8.16. The Kier molecular flexibility index (Phi) is 4.79. The van der Waals surface area contributed by atoms with Crippen LogP contribution in [0.5, 0.6) is 0 Å². The van der Waals surface area contributed by atoms with Gasteiger partial charge >= 0.3 is 0 Å². The van der Waals surface area contributed by atoms with Crippen molar-refractivity contribution < 1.29 is 9.59 Å². The van der Waals surface area contributed by atoms with E-state index in [1.54, 1.807) is 11.3 Å². The van der Waals surface area contributed by atoms with Crippen LogP contribution in [-0.4, -0.2) is 58.3 Å². The number of rotatable bonds is 3. The van der Waals surface area contributed by atoms with Crippen LogP contribution >= 0.6 is 11.3 Å². The molecule has 3 aromatic rings. The molecule has 2 heterocycles. The maximum Gasteiger partial charge on any atom is 0.253 e. The summed E-state index contributed by atoms with van der Waals surface area (Å²) in [6.45, 7) is 2.18. The van der Waals surface area contributed by atoms with E-state index in [0.717, 1.165) is 40.1 Å². The first-order valence-corrected chi connectivity index (χ1v) is 11.2. The van der Waals surface area contributed by atoms with E-state index < -0.39 is 5.54 Å². The second kappa shape index (κ2) is 7.49. The lowest BCUT2D eigenvalue weighted by atomic mass is 9.76. The predicted molar refractivity (Wildman–Crippen MR) is 118 cm³/mol. The molecule has 7 heteroatoms. The Morgan fingerprint density at radius 1 is 0.933 bits per heavy atom. The lowest BCUT2D eigenvalue weighted by Crippen LogP contribution is -2.62. The van der Waals surface area contributed by atoms with Crippen molar-refractivity contribution in [2.75, 3.05) is 26.2 Å². The van der Waals surface area contributed by atoms with Gasteiger partial charge in [0.05, 0.1) is 15.8 Å². The number of piperazine rings is 1. The van der Waals surface area contributed by atoms with E-state index in [4.69, 9.17) is 5.73 Å². The number of nitrogens with two attached hydrogens (primary N) is 1. The van der Waals surface area contributed by atoms with Crippen LogP contribution in [0.1, 0.15) is 29.6 Å². The van der Waals surface area contributed by atoms with Crippen LogP contribution < -0.4 is 5.73 Å². The minimum atomic E-state index is -0.664. The zero-order valence-electron chi connectivity index (χ0n) is 16.7. The van der Waals surface area contributed by atoms with Gasteiger partial charge in [0.15, 0.2) is 0 Å². The van der Waals surface area contributed by atoms with Crippen molar-refractivity contribution in [1.82, 2.24) is 14.8 Å². The SMILES string of the molecule is NC1(C(=O)N2CCN(C(=O)c3ccc(-c4nc5ccccc5s4)cc3)CC2)CCC1. The van der Waals surface area contributed by atoms with E-state index in [2.05, 4.69) is 11.1 Å². The number of amides is 2. The Hall–Kier alpha value is -2.77. The highest BCUT2D eigenvalue weighted by Gasteiger charge is 2.43. The highest BCUT2D eigenvalue weighted by Crippen LogP contribution is 2.32. The molecular formula is C23H24N4O2S. The van der Waals surface area contributed by atoms with Crippen LogP contribution in [0.2, 0.25) is 0 Å². The molecule has 0 spiro atoms. The first-order valence-electron chi connectivity index (χ1n) is 10.4. The molecule has 0 unspecified atom stereocenters. The summed E-state index contributed by atoms with van der Waals surface area (Å²) in [6, 6.07) is 15.7. The van der Waals surface area contributed by atoms with E-state index in [1.807, 2.05) is 52.3 Å². The lowest BCUT2D eigenvalue weighted by molar-refractivity contribution is -0.141. The van der Waals surface area contributed by atoms with Crippen molar-refractivity contribution >= 4 is 33.4 Å². The largest absolute Gasteiger partial charge is 0.338 e. The molecule has 2 aliphatic rings. The van der Waals surface area contributed by atoms with Crippen LogP contribution in [0.25, 0.3) is 20.8 Å². The Labute approximate surface area is 179 Å². The monoisotopic (exact) mass is 420 g/mol. The van der Waals surface area contributed by atoms with Crippen LogP contribution in [-0.2, 0) is 4.79 Å². The number of hydrogen-bond donors (Lipinski definition) is 1. The number of benzene rings is 2. The van der Waals surface area contributed by atoms with Gasteiger partial charge in [-0.1, -0.05) is 24.3 Å². The summed E-state index contributed by atoms with van der Waals surface area (Å²) in [5.74, 6) is 0.0464. The molecule has 0 atom stereocenters. The van der Waals surface area contributed by atoms with Crippen molar-refractivity contribution in [3.05, 3.63) is 54.1 Å². The van der Waals surface area contributed by atoms with Crippen molar-refractivity contribution in [1.29, 1.82) is 0 Å². The topological polar surface area (TPSA) is 79.5 Å². The summed E-state index contributed by atoms with van der Waals surface area (Å²) in [5, 5.41) is 0.953. The highest BCUT2D eigenvalue weighted by atomic mass is 32.1. The fourth-order valence-electron chi connectivity index (χ4n) is 4.13. The second-order valence-corrected chi connectivity index (χ2v) is 9.19. The Morgan fingerprint density at radius 3 is 2.23 bits per heavy atom. The summed E-state index contributed by atoms with van der Waals surface area (Å²) in [5.41, 5.74) is 8.17. The third kappa shape index (κ3) is 3.38. The van der Waals surface area contributed by atoms with E-state index in [-0.39, 0.29) is 11.8 Å². The minimum absolute atomic E-state index is 0.00375. The molecule has 1 aromatic heterocycles. The van der Waals surface area contributed by atoms with Gasteiger partial charge in [0, 0.05) is 37.3 Å². The standard InChI is InChI=1S/C23H24N4O2S/c24-23(10-3-11-23)22(29)27-14-12-26(13-15-27)21(28)17-8-6-16(7-9-17)20-25-18-4-1-2-5-19(18)30-20/h1-2,4-9H,3,10-15,24H2. The molecule has 0 bridgehead atoms. The zero-order valence-corrected chi connectivity index (χ0v) is 17.5. The van der Waals surface area contributed by atoms with Gasteiger partial charge in [-0.3, -0.25) is 9.59 Å². The van der Waals surface area contributed by atoms with Gasteiger partial charge in [-0.25, -0.2) is 4.98 Å². The van der Waals surface area contributed by atoms with Crippen molar-refractivity contribution in [3.63, 3.8) is 0 Å². The fraction of sp³-hybridized carbons (Fsp3) is 0.348. The molecule has 154 valence electrons. The lowest BCUT2D eigenvalue weighted by Gasteiger charge is -2.43. The Balaban J connectivity index is 1.24. The number of carbonyl (C=O) groups excluding carboxylic acids is 2. The van der Waals surface area contributed by atoms with Crippen LogP contribution in [0.3, 0.4) is 0 Å². The van der Waals surface area contributed by atoms with E-state index >= 15 is 0 Å². The summed E-state index contributed by atoms with van der Waals surface area (Å²) in [7, 11) is 0. The molecule has 30 heavy (non-hydrogen) atoms. The average Bonchev–Trinajstić information content (AvgIpc) is 3.21. The first kappa shape index (κ1) is 19.2. The van der Waals surface area contributed by atoms with Gasteiger partial charge in [0.25, 0.3) is 5.91 Å². The van der Waals surface area contributed by atoms with Crippen LogP contribution in [0, 0.1) is 0 Å². The number of aromatic nitrogens is 1. The van der Waals surface area contributed by atoms with Crippen LogP contribution in [0.4, 0.5) is 0 Å². The summed E-state index contributed by atoms with van der Waals surface area (Å²) in [4.78, 5) is 33.8. The molecule has 1 saturated heterocycles. The molecule has 5 rings (SSSR count).